The quantitative estimate of drug-likeness (QED) is 0.812. The predicted octanol–water partition coefficient (Wildman–Crippen LogP) is 1.00. The molecule has 0 aliphatic rings. The SMILES string of the molecule is CC(CN(C)Cc1ccccc1)NC(=O)CN.Cl. The zero-order valence-electron chi connectivity index (χ0n) is 10.9. The van der Waals surface area contributed by atoms with Gasteiger partial charge in [-0.3, -0.25) is 4.79 Å². The van der Waals surface area contributed by atoms with E-state index in [1.165, 1.54) is 5.56 Å². The van der Waals surface area contributed by atoms with Crippen LogP contribution in [0, 0.1) is 0 Å². The molecule has 4 nitrogen and oxygen atoms in total. The Kier molecular flexibility index (Phi) is 8.37. The van der Waals surface area contributed by atoms with Crippen LogP contribution >= 0.6 is 12.4 Å². The van der Waals surface area contributed by atoms with Crippen molar-refractivity contribution in [1.29, 1.82) is 0 Å². The van der Waals surface area contributed by atoms with E-state index in [-0.39, 0.29) is 30.9 Å². The molecule has 0 bridgehead atoms. The first-order valence-corrected chi connectivity index (χ1v) is 5.83. The number of nitrogens with zero attached hydrogens (tertiary/aromatic N) is 1. The summed E-state index contributed by atoms with van der Waals surface area (Å²) in [6.07, 6.45) is 0. The lowest BCUT2D eigenvalue weighted by Gasteiger charge is -2.22. The van der Waals surface area contributed by atoms with E-state index in [4.69, 9.17) is 5.73 Å². The third kappa shape index (κ3) is 6.59. The summed E-state index contributed by atoms with van der Waals surface area (Å²) in [7, 11) is 2.04. The number of amides is 1. The van der Waals surface area contributed by atoms with E-state index in [1.54, 1.807) is 0 Å². The molecule has 0 fully saturated rings. The largest absolute Gasteiger partial charge is 0.351 e. The minimum Gasteiger partial charge on any atom is -0.351 e. The van der Waals surface area contributed by atoms with Gasteiger partial charge in [0.1, 0.15) is 0 Å². The molecule has 1 amide bonds. The van der Waals surface area contributed by atoms with Crippen molar-refractivity contribution in [1.82, 2.24) is 10.2 Å². The van der Waals surface area contributed by atoms with Gasteiger partial charge in [0.25, 0.3) is 0 Å². The summed E-state index contributed by atoms with van der Waals surface area (Å²) in [6.45, 7) is 3.71. The van der Waals surface area contributed by atoms with Crippen molar-refractivity contribution < 1.29 is 4.79 Å². The molecule has 0 aromatic heterocycles. The first kappa shape index (κ1) is 16.9. The minimum atomic E-state index is -0.106. The standard InChI is InChI=1S/C13H21N3O.ClH/c1-11(15-13(17)8-14)9-16(2)10-12-6-4-3-5-7-12;/h3-7,11H,8-10,14H2,1-2H3,(H,15,17);1H. The number of rotatable bonds is 6. The van der Waals surface area contributed by atoms with Gasteiger partial charge in [-0.2, -0.15) is 0 Å². The number of likely N-dealkylation sites (N-methyl/N-ethyl adjacent to an activating group) is 1. The Bertz CT molecular complexity index is 345. The molecule has 1 aromatic carbocycles. The molecule has 1 atom stereocenters. The average molecular weight is 272 g/mol. The third-order valence-electron chi connectivity index (χ3n) is 2.47. The average Bonchev–Trinajstić information content (AvgIpc) is 2.29. The van der Waals surface area contributed by atoms with Crippen molar-refractivity contribution in [2.24, 2.45) is 5.73 Å². The summed E-state index contributed by atoms with van der Waals surface area (Å²) in [5, 5.41) is 2.84. The lowest BCUT2D eigenvalue weighted by molar-refractivity contribution is -0.120. The molecule has 18 heavy (non-hydrogen) atoms. The van der Waals surface area contributed by atoms with Crippen molar-refractivity contribution in [3.05, 3.63) is 35.9 Å². The second kappa shape index (κ2) is 8.91. The highest BCUT2D eigenvalue weighted by molar-refractivity contribution is 5.85. The molecule has 3 N–H and O–H groups in total. The molecule has 102 valence electrons. The Labute approximate surface area is 115 Å². The highest BCUT2D eigenvalue weighted by atomic mass is 35.5. The van der Waals surface area contributed by atoms with Gasteiger partial charge in [-0.05, 0) is 19.5 Å². The predicted molar refractivity (Wildman–Crippen MR) is 76.7 cm³/mol. The Hall–Kier alpha value is -1.10. The summed E-state index contributed by atoms with van der Waals surface area (Å²) in [5.41, 5.74) is 6.52. The highest BCUT2D eigenvalue weighted by Gasteiger charge is 2.08. The summed E-state index contributed by atoms with van der Waals surface area (Å²) in [5.74, 6) is -0.106. The monoisotopic (exact) mass is 271 g/mol. The second-order valence-corrected chi connectivity index (χ2v) is 4.36. The van der Waals surface area contributed by atoms with Crippen LogP contribution in [0.1, 0.15) is 12.5 Å². The van der Waals surface area contributed by atoms with E-state index in [1.807, 2.05) is 32.2 Å². The van der Waals surface area contributed by atoms with Crippen molar-refractivity contribution in [3.63, 3.8) is 0 Å². The molecule has 0 spiro atoms. The molecule has 0 radical (unpaired) electrons. The molecule has 0 saturated carbocycles. The zero-order valence-corrected chi connectivity index (χ0v) is 11.7. The fraction of sp³-hybridized carbons (Fsp3) is 0.462. The Balaban J connectivity index is 0.00000289. The maximum Gasteiger partial charge on any atom is 0.233 e. The molecule has 0 aliphatic heterocycles. The number of hydrogen-bond donors (Lipinski definition) is 2. The third-order valence-corrected chi connectivity index (χ3v) is 2.47. The van der Waals surface area contributed by atoms with Gasteiger partial charge in [-0.25, -0.2) is 0 Å². The summed E-state index contributed by atoms with van der Waals surface area (Å²) >= 11 is 0. The van der Waals surface area contributed by atoms with Gasteiger partial charge in [-0.15, -0.1) is 12.4 Å². The maximum atomic E-state index is 11.1. The van der Waals surface area contributed by atoms with Crippen molar-refractivity contribution >= 4 is 18.3 Å². The first-order chi connectivity index (χ1) is 8.11. The van der Waals surface area contributed by atoms with Crippen LogP contribution in [0.15, 0.2) is 30.3 Å². The Morgan fingerprint density at radius 1 is 1.39 bits per heavy atom. The number of carbonyl (C=O) groups excluding carboxylic acids is 1. The van der Waals surface area contributed by atoms with Crippen LogP contribution < -0.4 is 11.1 Å². The molecular weight excluding hydrogens is 250 g/mol. The number of halogens is 1. The van der Waals surface area contributed by atoms with E-state index >= 15 is 0 Å². The molecule has 1 unspecified atom stereocenters. The molecule has 1 rings (SSSR count). The van der Waals surface area contributed by atoms with Crippen LogP contribution in [0.5, 0.6) is 0 Å². The van der Waals surface area contributed by atoms with Gasteiger partial charge < -0.3 is 16.0 Å². The van der Waals surface area contributed by atoms with E-state index in [0.29, 0.717) is 0 Å². The Morgan fingerprint density at radius 3 is 2.56 bits per heavy atom. The van der Waals surface area contributed by atoms with Gasteiger partial charge in [0.2, 0.25) is 5.91 Å². The minimum absolute atomic E-state index is 0. The topological polar surface area (TPSA) is 58.4 Å². The maximum absolute atomic E-state index is 11.1. The van der Waals surface area contributed by atoms with Gasteiger partial charge in [0, 0.05) is 19.1 Å². The summed E-state index contributed by atoms with van der Waals surface area (Å²) in [6, 6.07) is 10.4. The molecule has 0 heterocycles. The number of hydrogen-bond acceptors (Lipinski definition) is 3. The van der Waals surface area contributed by atoms with Gasteiger partial charge in [0.05, 0.1) is 6.54 Å². The highest BCUT2D eigenvalue weighted by Crippen LogP contribution is 2.02. The van der Waals surface area contributed by atoms with E-state index in [0.717, 1.165) is 13.1 Å². The van der Waals surface area contributed by atoms with Gasteiger partial charge >= 0.3 is 0 Å². The van der Waals surface area contributed by atoms with Crippen LogP contribution in [0.4, 0.5) is 0 Å². The number of carbonyl (C=O) groups is 1. The van der Waals surface area contributed by atoms with Crippen LogP contribution in [-0.2, 0) is 11.3 Å². The van der Waals surface area contributed by atoms with Crippen molar-refractivity contribution in [2.45, 2.75) is 19.5 Å². The lowest BCUT2D eigenvalue weighted by Crippen LogP contribution is -2.42. The van der Waals surface area contributed by atoms with Crippen LogP contribution in [0.3, 0.4) is 0 Å². The molecule has 0 aliphatic carbocycles. The van der Waals surface area contributed by atoms with Crippen LogP contribution in [-0.4, -0.2) is 37.0 Å². The normalized spacial score (nSPS) is 11.8. The number of benzene rings is 1. The van der Waals surface area contributed by atoms with Crippen molar-refractivity contribution in [3.8, 4) is 0 Å². The van der Waals surface area contributed by atoms with E-state index < -0.39 is 0 Å². The Morgan fingerprint density at radius 2 is 2.00 bits per heavy atom. The molecule has 5 heteroatoms. The molecule has 1 aromatic rings. The van der Waals surface area contributed by atoms with E-state index in [2.05, 4.69) is 22.3 Å². The smallest absolute Gasteiger partial charge is 0.233 e. The van der Waals surface area contributed by atoms with Gasteiger partial charge in [-0.1, -0.05) is 30.3 Å². The number of nitrogens with one attached hydrogen (secondary N) is 1. The lowest BCUT2D eigenvalue weighted by atomic mass is 10.2. The van der Waals surface area contributed by atoms with Gasteiger partial charge in [0.15, 0.2) is 0 Å². The van der Waals surface area contributed by atoms with Crippen molar-refractivity contribution in [2.75, 3.05) is 20.1 Å². The fourth-order valence-corrected chi connectivity index (χ4v) is 1.81. The summed E-state index contributed by atoms with van der Waals surface area (Å²) < 4.78 is 0. The first-order valence-electron chi connectivity index (χ1n) is 5.83. The summed E-state index contributed by atoms with van der Waals surface area (Å²) in [4.78, 5) is 13.3. The van der Waals surface area contributed by atoms with Crippen LogP contribution in [0.25, 0.3) is 0 Å². The van der Waals surface area contributed by atoms with E-state index in [9.17, 15) is 4.79 Å². The zero-order chi connectivity index (χ0) is 12.7. The molecular formula is C13H22ClN3O. The van der Waals surface area contributed by atoms with Crippen LogP contribution in [0.2, 0.25) is 0 Å². The second-order valence-electron chi connectivity index (χ2n) is 4.36. The number of nitrogens with two attached hydrogens (primary N) is 1. The molecule has 0 saturated heterocycles. The fourth-order valence-electron chi connectivity index (χ4n) is 1.81.